The molecule has 0 aliphatic heterocycles. The largest absolute Gasteiger partial charge is 0.451 e. The standard InChI is InChI=1S/C18H15ClFNO3/c1-10-2-5-16-12(6-10)8-17(24-16)18(23)21-9-15(22)11-3-4-13(19)14(20)7-11/h2-8,15,22H,9H2,1H3,(H,21,23). The number of aryl methyl sites for hydroxylation is 1. The number of rotatable bonds is 4. The highest BCUT2D eigenvalue weighted by Crippen LogP contribution is 2.22. The maximum Gasteiger partial charge on any atom is 0.287 e. The van der Waals surface area contributed by atoms with Crippen molar-refractivity contribution in [2.24, 2.45) is 0 Å². The van der Waals surface area contributed by atoms with E-state index < -0.39 is 17.8 Å². The zero-order chi connectivity index (χ0) is 17.3. The van der Waals surface area contributed by atoms with E-state index in [2.05, 4.69) is 5.32 Å². The number of hydrogen-bond acceptors (Lipinski definition) is 3. The van der Waals surface area contributed by atoms with Crippen LogP contribution >= 0.6 is 11.6 Å². The van der Waals surface area contributed by atoms with Crippen LogP contribution in [0.4, 0.5) is 4.39 Å². The van der Waals surface area contributed by atoms with Gasteiger partial charge in [-0.05, 0) is 42.8 Å². The van der Waals surface area contributed by atoms with Gasteiger partial charge in [0, 0.05) is 11.9 Å². The molecule has 4 nitrogen and oxygen atoms in total. The predicted molar refractivity (Wildman–Crippen MR) is 89.7 cm³/mol. The molecule has 0 fully saturated rings. The number of carbonyl (C=O) groups excluding carboxylic acids is 1. The maximum atomic E-state index is 13.4. The van der Waals surface area contributed by atoms with E-state index in [9.17, 15) is 14.3 Å². The van der Waals surface area contributed by atoms with Gasteiger partial charge in [-0.2, -0.15) is 0 Å². The average molecular weight is 348 g/mol. The summed E-state index contributed by atoms with van der Waals surface area (Å²) in [6, 6.07) is 11.3. The van der Waals surface area contributed by atoms with Gasteiger partial charge in [-0.3, -0.25) is 4.79 Å². The fourth-order valence-electron chi connectivity index (χ4n) is 2.39. The lowest BCUT2D eigenvalue weighted by molar-refractivity contribution is 0.0891. The van der Waals surface area contributed by atoms with Crippen LogP contribution in [0.15, 0.2) is 46.9 Å². The monoisotopic (exact) mass is 347 g/mol. The maximum absolute atomic E-state index is 13.4. The number of aliphatic hydroxyl groups is 1. The summed E-state index contributed by atoms with van der Waals surface area (Å²) in [6.07, 6.45) is -1.05. The van der Waals surface area contributed by atoms with E-state index in [0.717, 1.165) is 17.0 Å². The van der Waals surface area contributed by atoms with Crippen LogP contribution in [0.25, 0.3) is 11.0 Å². The van der Waals surface area contributed by atoms with Crippen molar-refractivity contribution in [3.05, 3.63) is 70.2 Å². The number of amides is 1. The number of halogens is 2. The Labute approximate surface area is 142 Å². The van der Waals surface area contributed by atoms with E-state index in [1.54, 1.807) is 12.1 Å². The van der Waals surface area contributed by atoms with Crippen LogP contribution in [0.3, 0.4) is 0 Å². The lowest BCUT2D eigenvalue weighted by Gasteiger charge is -2.12. The quantitative estimate of drug-likeness (QED) is 0.750. The van der Waals surface area contributed by atoms with Gasteiger partial charge in [0.2, 0.25) is 0 Å². The minimum atomic E-state index is -1.05. The van der Waals surface area contributed by atoms with Crippen LogP contribution < -0.4 is 5.32 Å². The van der Waals surface area contributed by atoms with Gasteiger partial charge in [0.1, 0.15) is 11.4 Å². The lowest BCUT2D eigenvalue weighted by atomic mass is 10.1. The number of furan rings is 1. The summed E-state index contributed by atoms with van der Waals surface area (Å²) in [5.74, 6) is -0.908. The van der Waals surface area contributed by atoms with Crippen molar-refractivity contribution < 1.29 is 18.7 Å². The molecular weight excluding hydrogens is 333 g/mol. The van der Waals surface area contributed by atoms with Gasteiger partial charge < -0.3 is 14.8 Å². The normalized spacial score (nSPS) is 12.3. The van der Waals surface area contributed by atoms with Gasteiger partial charge in [-0.1, -0.05) is 29.3 Å². The Bertz CT molecular complexity index is 906. The summed E-state index contributed by atoms with van der Waals surface area (Å²) < 4.78 is 18.9. The van der Waals surface area contributed by atoms with Crippen LogP contribution in [-0.4, -0.2) is 17.6 Å². The second-order valence-corrected chi connectivity index (χ2v) is 5.96. The molecule has 2 aromatic carbocycles. The predicted octanol–water partition coefficient (Wildman–Crippen LogP) is 4.00. The minimum Gasteiger partial charge on any atom is -0.451 e. The molecular formula is C18H15ClFNO3. The smallest absolute Gasteiger partial charge is 0.287 e. The highest BCUT2D eigenvalue weighted by molar-refractivity contribution is 6.30. The number of benzene rings is 2. The van der Waals surface area contributed by atoms with E-state index in [1.165, 1.54) is 12.1 Å². The molecule has 24 heavy (non-hydrogen) atoms. The average Bonchev–Trinajstić information content (AvgIpc) is 2.98. The van der Waals surface area contributed by atoms with E-state index in [-0.39, 0.29) is 17.3 Å². The van der Waals surface area contributed by atoms with Crippen molar-refractivity contribution in [1.82, 2.24) is 5.32 Å². The van der Waals surface area contributed by atoms with Gasteiger partial charge in [0.25, 0.3) is 5.91 Å². The third kappa shape index (κ3) is 3.42. The van der Waals surface area contributed by atoms with Crippen LogP contribution in [0.5, 0.6) is 0 Å². The second kappa shape index (κ2) is 6.63. The van der Waals surface area contributed by atoms with E-state index in [4.69, 9.17) is 16.0 Å². The molecule has 1 atom stereocenters. The zero-order valence-corrected chi connectivity index (χ0v) is 13.6. The first-order valence-electron chi connectivity index (χ1n) is 7.35. The first kappa shape index (κ1) is 16.5. The van der Waals surface area contributed by atoms with Gasteiger partial charge in [-0.25, -0.2) is 4.39 Å². The van der Waals surface area contributed by atoms with Crippen molar-refractivity contribution in [2.75, 3.05) is 6.54 Å². The van der Waals surface area contributed by atoms with Crippen molar-refractivity contribution in [3.8, 4) is 0 Å². The molecule has 0 aliphatic carbocycles. The minimum absolute atomic E-state index is 0.0208. The summed E-state index contributed by atoms with van der Waals surface area (Å²) in [6.45, 7) is 1.88. The second-order valence-electron chi connectivity index (χ2n) is 5.55. The number of nitrogens with one attached hydrogen (secondary N) is 1. The fraction of sp³-hybridized carbons (Fsp3) is 0.167. The summed E-state index contributed by atoms with van der Waals surface area (Å²) in [4.78, 5) is 12.1. The molecule has 6 heteroatoms. The fourth-order valence-corrected chi connectivity index (χ4v) is 2.51. The summed E-state index contributed by atoms with van der Waals surface area (Å²) in [5, 5.41) is 13.4. The molecule has 1 aromatic heterocycles. The molecule has 1 amide bonds. The molecule has 124 valence electrons. The molecule has 0 saturated heterocycles. The molecule has 2 N–H and O–H groups in total. The van der Waals surface area contributed by atoms with Crippen molar-refractivity contribution in [3.63, 3.8) is 0 Å². The Morgan fingerprint density at radius 3 is 2.83 bits per heavy atom. The molecule has 0 aliphatic rings. The van der Waals surface area contributed by atoms with Gasteiger partial charge in [0.15, 0.2) is 5.76 Å². The molecule has 0 radical (unpaired) electrons. The summed E-state index contributed by atoms with van der Waals surface area (Å²) >= 11 is 5.60. The van der Waals surface area contributed by atoms with Crippen LogP contribution in [0, 0.1) is 12.7 Å². The molecule has 3 rings (SSSR count). The topological polar surface area (TPSA) is 62.5 Å². The van der Waals surface area contributed by atoms with Crippen molar-refractivity contribution >= 4 is 28.5 Å². The number of aliphatic hydroxyl groups excluding tert-OH is 1. The van der Waals surface area contributed by atoms with Gasteiger partial charge in [0.05, 0.1) is 11.1 Å². The molecule has 0 saturated carbocycles. The van der Waals surface area contributed by atoms with E-state index in [1.807, 2.05) is 19.1 Å². The molecule has 3 aromatic rings. The van der Waals surface area contributed by atoms with Crippen molar-refractivity contribution in [2.45, 2.75) is 13.0 Å². The Morgan fingerprint density at radius 2 is 2.08 bits per heavy atom. The Kier molecular flexibility index (Phi) is 4.55. The van der Waals surface area contributed by atoms with Crippen LogP contribution in [-0.2, 0) is 0 Å². The molecule has 1 unspecified atom stereocenters. The van der Waals surface area contributed by atoms with Gasteiger partial charge in [-0.15, -0.1) is 0 Å². The highest BCUT2D eigenvalue weighted by Gasteiger charge is 2.15. The summed E-state index contributed by atoms with van der Waals surface area (Å²) in [5.41, 5.74) is 2.01. The Balaban J connectivity index is 1.68. The SMILES string of the molecule is Cc1ccc2oc(C(=O)NCC(O)c3ccc(Cl)c(F)c3)cc2c1. The first-order chi connectivity index (χ1) is 11.4. The number of hydrogen-bond donors (Lipinski definition) is 2. The highest BCUT2D eigenvalue weighted by atomic mass is 35.5. The van der Waals surface area contributed by atoms with Gasteiger partial charge >= 0.3 is 0 Å². The Morgan fingerprint density at radius 1 is 1.29 bits per heavy atom. The number of carbonyl (C=O) groups is 1. The van der Waals surface area contributed by atoms with Crippen molar-refractivity contribution in [1.29, 1.82) is 0 Å². The molecule has 0 spiro atoms. The number of fused-ring (bicyclic) bond motifs is 1. The van der Waals surface area contributed by atoms with Crippen LogP contribution in [0.2, 0.25) is 5.02 Å². The third-order valence-corrected chi connectivity index (χ3v) is 3.99. The van der Waals surface area contributed by atoms with Crippen LogP contribution in [0.1, 0.15) is 27.8 Å². The lowest BCUT2D eigenvalue weighted by Crippen LogP contribution is -2.28. The first-order valence-corrected chi connectivity index (χ1v) is 7.73. The summed E-state index contributed by atoms with van der Waals surface area (Å²) in [7, 11) is 0. The molecule has 1 heterocycles. The zero-order valence-electron chi connectivity index (χ0n) is 12.8. The van der Waals surface area contributed by atoms with E-state index >= 15 is 0 Å². The van der Waals surface area contributed by atoms with E-state index in [0.29, 0.717) is 11.1 Å². The molecule has 0 bridgehead atoms. The third-order valence-electron chi connectivity index (χ3n) is 3.68. The Hall–Kier alpha value is -2.37.